The Balaban J connectivity index is 0. The maximum atomic E-state index is 10.3. The van der Waals surface area contributed by atoms with Gasteiger partial charge in [0.1, 0.15) is 0 Å². The van der Waals surface area contributed by atoms with E-state index in [1.807, 2.05) is 0 Å². The van der Waals surface area contributed by atoms with Gasteiger partial charge in [-0.1, -0.05) is 13.8 Å². The number of carbonyl (C=O) groups is 2. The normalized spacial score (nSPS) is 11.7. The van der Waals surface area contributed by atoms with Crippen molar-refractivity contribution in [1.82, 2.24) is 0 Å². The molecule has 0 radical (unpaired) electrons. The lowest BCUT2D eigenvalue weighted by atomic mass is 9.91. The zero-order valence-corrected chi connectivity index (χ0v) is 16.7. The van der Waals surface area contributed by atoms with Gasteiger partial charge in [0.05, 0.1) is 14.2 Å². The molecule has 0 spiro atoms. The number of rotatable bonds is 9. The van der Waals surface area contributed by atoms with E-state index in [1.165, 1.54) is 14.2 Å². The maximum Gasteiger partial charge on any atom is 0.500 e. The Labute approximate surface area is 145 Å². The number of methoxy groups -OCH3 is 2. The van der Waals surface area contributed by atoms with Gasteiger partial charge in [-0.05, 0) is 18.4 Å². The van der Waals surface area contributed by atoms with Crippen LogP contribution in [0.1, 0.15) is 20.3 Å². The fourth-order valence-electron chi connectivity index (χ4n) is 1.42. The summed E-state index contributed by atoms with van der Waals surface area (Å²) in [7, 11) is 4.95. The van der Waals surface area contributed by atoms with Crippen molar-refractivity contribution >= 4 is 20.7 Å². The van der Waals surface area contributed by atoms with Gasteiger partial charge in [0.2, 0.25) is 0 Å². The molecule has 24 heavy (non-hydrogen) atoms. The third-order valence-corrected chi connectivity index (χ3v) is 6.08. The summed E-state index contributed by atoms with van der Waals surface area (Å²) in [5.74, 6) is -1.16. The lowest BCUT2D eigenvalue weighted by Gasteiger charge is -2.29. The minimum Gasteiger partial charge on any atom is -0.466 e. The second-order valence-corrected chi connectivity index (χ2v) is 8.63. The van der Waals surface area contributed by atoms with Crippen molar-refractivity contribution in [3.8, 4) is 0 Å². The molecule has 0 atom stereocenters. The largest absolute Gasteiger partial charge is 0.500 e. The molecule has 0 aliphatic rings. The van der Waals surface area contributed by atoms with Crippen molar-refractivity contribution < 1.29 is 32.3 Å². The summed E-state index contributed by atoms with van der Waals surface area (Å²) in [5, 5.41) is 0. The van der Waals surface area contributed by atoms with Crippen LogP contribution in [0.5, 0.6) is 0 Å². The van der Waals surface area contributed by atoms with E-state index in [2.05, 4.69) is 23.3 Å². The van der Waals surface area contributed by atoms with Crippen molar-refractivity contribution in [3.63, 3.8) is 0 Å². The van der Waals surface area contributed by atoms with E-state index >= 15 is 0 Å². The second-order valence-electron chi connectivity index (χ2n) is 5.54. The third-order valence-electron chi connectivity index (χ3n) is 3.35. The smallest absolute Gasteiger partial charge is 0.466 e. The van der Waals surface area contributed by atoms with Gasteiger partial charge >= 0.3 is 20.7 Å². The predicted octanol–water partition coefficient (Wildman–Crippen LogP) is 1.13. The van der Waals surface area contributed by atoms with Crippen molar-refractivity contribution in [3.05, 3.63) is 12.2 Å². The van der Waals surface area contributed by atoms with Crippen LogP contribution in [0.15, 0.2) is 12.2 Å². The molecule has 0 bridgehead atoms. The zero-order valence-electron chi connectivity index (χ0n) is 15.7. The van der Waals surface area contributed by atoms with E-state index in [-0.39, 0.29) is 5.41 Å². The SMILES string of the molecule is COC(=O)C=CC(=O)OC.CO[Si](CCC(C)(C)CN)(OC)OC. The number of ether oxygens (including phenoxy) is 2. The summed E-state index contributed by atoms with van der Waals surface area (Å²) in [6, 6.07) is 0.806. The van der Waals surface area contributed by atoms with Crippen LogP contribution in [-0.4, -0.2) is 62.8 Å². The van der Waals surface area contributed by atoms with Gasteiger partial charge < -0.3 is 28.5 Å². The first-order chi connectivity index (χ1) is 11.2. The maximum absolute atomic E-state index is 10.3. The minimum absolute atomic E-state index is 0.119. The first kappa shape index (κ1) is 25.0. The van der Waals surface area contributed by atoms with Gasteiger partial charge in [-0.2, -0.15) is 0 Å². The fraction of sp³-hybridized carbons (Fsp3) is 0.733. The Hall–Kier alpha value is -1.26. The van der Waals surface area contributed by atoms with Gasteiger partial charge in [0.25, 0.3) is 0 Å². The highest BCUT2D eigenvalue weighted by atomic mass is 28.4. The molecule has 0 rings (SSSR count). The van der Waals surface area contributed by atoms with E-state index in [1.54, 1.807) is 21.3 Å². The molecule has 0 aromatic heterocycles. The molecule has 0 fully saturated rings. The van der Waals surface area contributed by atoms with Crippen LogP contribution in [0.25, 0.3) is 0 Å². The number of nitrogens with two attached hydrogens (primary N) is 1. The highest BCUT2D eigenvalue weighted by molar-refractivity contribution is 6.60. The summed E-state index contributed by atoms with van der Waals surface area (Å²) in [5.41, 5.74) is 5.77. The number of carbonyl (C=O) groups excluding carboxylic acids is 2. The van der Waals surface area contributed by atoms with Crippen LogP contribution in [0.4, 0.5) is 0 Å². The zero-order chi connectivity index (χ0) is 19.2. The van der Waals surface area contributed by atoms with Gasteiger partial charge in [0.15, 0.2) is 0 Å². The van der Waals surface area contributed by atoms with Crippen molar-refractivity contribution in [1.29, 1.82) is 0 Å². The minimum atomic E-state index is -2.40. The molecule has 8 nitrogen and oxygen atoms in total. The molecule has 9 heteroatoms. The number of esters is 2. The van der Waals surface area contributed by atoms with Crippen LogP contribution >= 0.6 is 0 Å². The summed E-state index contributed by atoms with van der Waals surface area (Å²) < 4.78 is 24.4. The van der Waals surface area contributed by atoms with Crippen molar-refractivity contribution in [2.45, 2.75) is 26.3 Å². The Bertz CT molecular complexity index is 369. The van der Waals surface area contributed by atoms with Gasteiger partial charge in [-0.25, -0.2) is 9.59 Å². The highest BCUT2D eigenvalue weighted by Gasteiger charge is 2.38. The van der Waals surface area contributed by atoms with E-state index in [0.29, 0.717) is 6.54 Å². The molecule has 0 aromatic carbocycles. The summed E-state index contributed by atoms with van der Waals surface area (Å²) in [6.07, 6.45) is 2.93. The first-order valence-corrected chi connectivity index (χ1v) is 9.28. The van der Waals surface area contributed by atoms with Crippen LogP contribution < -0.4 is 5.73 Å². The topological polar surface area (TPSA) is 106 Å². The standard InChI is InChI=1S/C9H23NO3Si.C6H8O4/c1-9(2,8-10)6-7-14(11-3,12-4)13-5;1-9-5(7)3-4-6(8)10-2/h6-8,10H2,1-5H3;3-4H,1-2H3. The molecule has 0 unspecified atom stereocenters. The Morgan fingerprint density at radius 3 is 1.54 bits per heavy atom. The lowest BCUT2D eigenvalue weighted by molar-refractivity contribution is -0.137. The quantitative estimate of drug-likeness (QED) is 0.368. The van der Waals surface area contributed by atoms with Crippen molar-refractivity contribution in [2.24, 2.45) is 11.1 Å². The molecule has 2 N–H and O–H groups in total. The summed E-state index contributed by atoms with van der Waals surface area (Å²) >= 11 is 0. The Morgan fingerprint density at radius 2 is 1.29 bits per heavy atom. The monoisotopic (exact) mass is 365 g/mol. The van der Waals surface area contributed by atoms with Crippen LogP contribution in [0.3, 0.4) is 0 Å². The van der Waals surface area contributed by atoms with Gasteiger partial charge in [-0.3, -0.25) is 0 Å². The number of hydrogen-bond acceptors (Lipinski definition) is 8. The lowest BCUT2D eigenvalue weighted by Crippen LogP contribution is -2.44. The Kier molecular flexibility index (Phi) is 13.6. The van der Waals surface area contributed by atoms with Crippen LogP contribution in [0.2, 0.25) is 6.04 Å². The van der Waals surface area contributed by atoms with E-state index in [9.17, 15) is 9.59 Å². The van der Waals surface area contributed by atoms with E-state index < -0.39 is 20.7 Å². The summed E-state index contributed by atoms with van der Waals surface area (Å²) in [6.45, 7) is 4.93. The molecule has 0 amide bonds. The van der Waals surface area contributed by atoms with Crippen LogP contribution in [0, 0.1) is 5.41 Å². The molecule has 0 saturated carbocycles. The molecular weight excluding hydrogens is 334 g/mol. The second kappa shape index (κ2) is 13.1. The van der Waals surface area contributed by atoms with Gasteiger partial charge in [-0.15, -0.1) is 0 Å². The molecule has 0 aromatic rings. The fourth-order valence-corrected chi connectivity index (χ4v) is 3.52. The Morgan fingerprint density at radius 1 is 0.917 bits per heavy atom. The third kappa shape index (κ3) is 11.3. The summed E-state index contributed by atoms with van der Waals surface area (Å²) in [4.78, 5) is 20.6. The average Bonchev–Trinajstić information content (AvgIpc) is 2.61. The molecule has 0 aliphatic carbocycles. The van der Waals surface area contributed by atoms with E-state index in [4.69, 9.17) is 19.0 Å². The van der Waals surface area contributed by atoms with Crippen molar-refractivity contribution in [2.75, 3.05) is 42.1 Å². The van der Waals surface area contributed by atoms with E-state index in [0.717, 1.165) is 24.6 Å². The molecule has 0 saturated heterocycles. The molecule has 0 aliphatic heterocycles. The average molecular weight is 365 g/mol. The highest BCUT2D eigenvalue weighted by Crippen LogP contribution is 2.26. The molecule has 0 heterocycles. The molecule has 142 valence electrons. The molecular formula is C15H31NO7Si. The van der Waals surface area contributed by atoms with Crippen LogP contribution in [-0.2, 0) is 32.3 Å². The predicted molar refractivity (Wildman–Crippen MR) is 92.2 cm³/mol. The number of hydrogen-bond donors (Lipinski definition) is 1. The first-order valence-electron chi connectivity index (χ1n) is 7.35. The van der Waals surface area contributed by atoms with Gasteiger partial charge in [0, 0.05) is 39.5 Å².